The van der Waals surface area contributed by atoms with Crippen LogP contribution in [0, 0.1) is 0 Å². The lowest BCUT2D eigenvalue weighted by Gasteiger charge is -2.02. The van der Waals surface area contributed by atoms with Gasteiger partial charge in [-0.15, -0.1) is 0 Å². The van der Waals surface area contributed by atoms with Crippen LogP contribution in [0.15, 0.2) is 72.7 Å². The number of hydrogen-bond acceptors (Lipinski definition) is 2. The third-order valence-electron chi connectivity index (χ3n) is 2.24. The van der Waals surface area contributed by atoms with Crippen molar-refractivity contribution < 1.29 is 8.95 Å². The fourth-order valence-electron chi connectivity index (χ4n) is 1.37. The summed E-state index contributed by atoms with van der Waals surface area (Å²) in [5, 5.41) is 0. The van der Waals surface area contributed by atoms with Crippen molar-refractivity contribution in [3.8, 4) is 0 Å². The first kappa shape index (κ1) is 15.2. The van der Waals surface area contributed by atoms with Crippen LogP contribution in [0.5, 0.6) is 0 Å². The van der Waals surface area contributed by atoms with E-state index in [9.17, 15) is 4.21 Å². The molecule has 102 valence electrons. The highest BCUT2D eigenvalue weighted by Gasteiger charge is 1.97. The molecule has 1 N–H and O–H groups in total. The van der Waals surface area contributed by atoms with E-state index in [0.717, 1.165) is 12.2 Å². The Labute approximate surface area is 117 Å². The van der Waals surface area contributed by atoms with Crippen molar-refractivity contribution in [3.63, 3.8) is 0 Å². The number of nitrogens with one attached hydrogen (secondary N) is 1. The minimum atomic E-state index is -1.03. The molecule has 1 unspecified atom stereocenters. The highest BCUT2D eigenvalue weighted by Crippen LogP contribution is 2.13. The standard InChI is InChI=1S/C15H19NO2S/c1-3-4-7-14-8-5-9-15(11-10-14)18-13-6-12-16-19(2)17/h3-7,9-12,16H,1,8,13H2,2H3/b7-4+,12-6+. The third kappa shape index (κ3) is 7.26. The maximum absolute atomic E-state index is 10.7. The molecule has 0 saturated heterocycles. The first-order valence-corrected chi connectivity index (χ1v) is 7.52. The average molecular weight is 277 g/mol. The zero-order valence-electron chi connectivity index (χ0n) is 11.0. The second-order valence-electron chi connectivity index (χ2n) is 3.80. The minimum Gasteiger partial charge on any atom is -0.489 e. The van der Waals surface area contributed by atoms with Crippen LogP contribution in [-0.4, -0.2) is 17.1 Å². The SMILES string of the molecule is C=C/C=C/C1=CC=C(OC/C=C/NS(C)=O)C=CC1. The fraction of sp³-hybridized carbons (Fsp3) is 0.200. The summed E-state index contributed by atoms with van der Waals surface area (Å²) in [6.45, 7) is 4.08. The molecular weight excluding hydrogens is 258 g/mol. The summed E-state index contributed by atoms with van der Waals surface area (Å²) in [5.74, 6) is 0.810. The van der Waals surface area contributed by atoms with E-state index < -0.39 is 11.0 Å². The van der Waals surface area contributed by atoms with Gasteiger partial charge in [0.05, 0.1) is 0 Å². The van der Waals surface area contributed by atoms with Gasteiger partial charge in [-0.2, -0.15) is 0 Å². The van der Waals surface area contributed by atoms with Crippen molar-refractivity contribution in [2.24, 2.45) is 0 Å². The zero-order chi connectivity index (χ0) is 13.9. The Morgan fingerprint density at radius 3 is 3.11 bits per heavy atom. The van der Waals surface area contributed by atoms with E-state index in [1.807, 2.05) is 30.4 Å². The quantitative estimate of drug-likeness (QED) is 0.727. The summed E-state index contributed by atoms with van der Waals surface area (Å²) in [6, 6.07) is 0. The van der Waals surface area contributed by atoms with Gasteiger partial charge in [-0.05, 0) is 30.2 Å². The number of allylic oxidation sites excluding steroid dienone is 8. The Balaban J connectivity index is 2.46. The molecular formula is C15H19NO2S. The van der Waals surface area contributed by atoms with Crippen molar-refractivity contribution >= 4 is 11.0 Å². The van der Waals surface area contributed by atoms with E-state index in [4.69, 9.17) is 4.74 Å². The van der Waals surface area contributed by atoms with Crippen LogP contribution in [0.4, 0.5) is 0 Å². The van der Waals surface area contributed by atoms with Crippen molar-refractivity contribution in [2.75, 3.05) is 12.9 Å². The molecule has 0 amide bonds. The van der Waals surface area contributed by atoms with Crippen LogP contribution >= 0.6 is 0 Å². The molecule has 4 heteroatoms. The van der Waals surface area contributed by atoms with E-state index >= 15 is 0 Å². The van der Waals surface area contributed by atoms with Crippen LogP contribution < -0.4 is 4.72 Å². The Hall–Kier alpha value is -1.81. The molecule has 0 spiro atoms. The van der Waals surface area contributed by atoms with E-state index in [1.165, 1.54) is 5.57 Å². The molecule has 0 heterocycles. The third-order valence-corrected chi connectivity index (χ3v) is 2.71. The molecule has 1 rings (SSSR count). The van der Waals surface area contributed by atoms with Gasteiger partial charge in [-0.3, -0.25) is 0 Å². The van der Waals surface area contributed by atoms with Gasteiger partial charge in [0.25, 0.3) is 0 Å². The number of hydrogen-bond donors (Lipinski definition) is 1. The minimum absolute atomic E-state index is 0.437. The molecule has 0 bridgehead atoms. The number of ether oxygens (including phenoxy) is 1. The first-order valence-electron chi connectivity index (χ1n) is 5.96. The number of rotatable bonds is 7. The second-order valence-corrected chi connectivity index (χ2v) is 4.94. The van der Waals surface area contributed by atoms with Crippen molar-refractivity contribution in [1.29, 1.82) is 0 Å². The van der Waals surface area contributed by atoms with Gasteiger partial charge in [-0.25, -0.2) is 4.21 Å². The summed E-state index contributed by atoms with van der Waals surface area (Å²) < 4.78 is 19.0. The topological polar surface area (TPSA) is 38.3 Å². The molecule has 0 aromatic heterocycles. The van der Waals surface area contributed by atoms with Crippen molar-refractivity contribution in [1.82, 2.24) is 4.72 Å². The van der Waals surface area contributed by atoms with Crippen molar-refractivity contribution in [2.45, 2.75) is 6.42 Å². The molecule has 3 nitrogen and oxygen atoms in total. The highest BCUT2D eigenvalue weighted by molar-refractivity contribution is 7.82. The normalized spacial score (nSPS) is 16.9. The predicted octanol–water partition coefficient (Wildman–Crippen LogP) is 2.91. The van der Waals surface area contributed by atoms with Gasteiger partial charge in [0, 0.05) is 12.5 Å². The molecule has 1 aliphatic carbocycles. The lowest BCUT2D eigenvalue weighted by atomic mass is 10.1. The van der Waals surface area contributed by atoms with E-state index in [0.29, 0.717) is 6.61 Å². The summed E-state index contributed by atoms with van der Waals surface area (Å²) in [4.78, 5) is 0. The molecule has 0 aromatic carbocycles. The van der Waals surface area contributed by atoms with Gasteiger partial charge in [0.15, 0.2) is 0 Å². The fourth-order valence-corrected chi connectivity index (χ4v) is 1.66. The van der Waals surface area contributed by atoms with Crippen LogP contribution in [-0.2, 0) is 15.7 Å². The lowest BCUT2D eigenvalue weighted by Crippen LogP contribution is -2.06. The van der Waals surface area contributed by atoms with Crippen LogP contribution in [0.2, 0.25) is 0 Å². The van der Waals surface area contributed by atoms with Gasteiger partial charge >= 0.3 is 0 Å². The predicted molar refractivity (Wildman–Crippen MR) is 81.6 cm³/mol. The highest BCUT2D eigenvalue weighted by atomic mass is 32.2. The van der Waals surface area contributed by atoms with Crippen molar-refractivity contribution in [3.05, 3.63) is 72.7 Å². The summed E-state index contributed by atoms with van der Waals surface area (Å²) >= 11 is 0. The largest absolute Gasteiger partial charge is 0.489 e. The van der Waals surface area contributed by atoms with Gasteiger partial charge in [0.1, 0.15) is 23.4 Å². The average Bonchev–Trinajstić information content (AvgIpc) is 2.61. The van der Waals surface area contributed by atoms with Crippen LogP contribution in [0.25, 0.3) is 0 Å². The molecule has 0 fully saturated rings. The molecule has 19 heavy (non-hydrogen) atoms. The Bertz CT molecular complexity index is 471. The molecule has 0 radical (unpaired) electrons. The smallest absolute Gasteiger partial charge is 0.119 e. The second kappa shape index (κ2) is 9.16. The van der Waals surface area contributed by atoms with E-state index in [2.05, 4.69) is 17.4 Å². The summed E-state index contributed by atoms with van der Waals surface area (Å²) in [6.07, 6.45) is 19.5. The molecule has 0 aromatic rings. The van der Waals surface area contributed by atoms with Crippen LogP contribution in [0.3, 0.4) is 0 Å². The Kier molecular flexibility index (Phi) is 7.35. The van der Waals surface area contributed by atoms with E-state index in [-0.39, 0.29) is 0 Å². The maximum Gasteiger partial charge on any atom is 0.119 e. The molecule has 1 aliphatic rings. The van der Waals surface area contributed by atoms with Gasteiger partial charge in [-0.1, -0.05) is 37.0 Å². The Morgan fingerprint density at radius 1 is 1.53 bits per heavy atom. The summed E-state index contributed by atoms with van der Waals surface area (Å²) in [7, 11) is -1.03. The van der Waals surface area contributed by atoms with Gasteiger partial charge in [0.2, 0.25) is 0 Å². The Morgan fingerprint density at radius 2 is 2.37 bits per heavy atom. The monoisotopic (exact) mass is 277 g/mol. The molecule has 1 atom stereocenters. The zero-order valence-corrected chi connectivity index (χ0v) is 11.9. The lowest BCUT2D eigenvalue weighted by molar-refractivity contribution is 0.261. The van der Waals surface area contributed by atoms with Gasteiger partial charge < -0.3 is 9.46 Å². The van der Waals surface area contributed by atoms with E-state index in [1.54, 1.807) is 24.6 Å². The molecule has 0 aliphatic heterocycles. The maximum atomic E-state index is 10.7. The summed E-state index contributed by atoms with van der Waals surface area (Å²) in [5.41, 5.74) is 1.20. The van der Waals surface area contributed by atoms with Crippen LogP contribution in [0.1, 0.15) is 6.42 Å². The first-order chi connectivity index (χ1) is 9.22. The molecule has 0 saturated carbocycles.